The summed E-state index contributed by atoms with van der Waals surface area (Å²) in [6, 6.07) is 12.5. The summed E-state index contributed by atoms with van der Waals surface area (Å²) in [4.78, 5) is 16.4. The number of carbonyl (C=O) groups excluding carboxylic acids is 1. The third kappa shape index (κ3) is 3.98. The summed E-state index contributed by atoms with van der Waals surface area (Å²) < 4.78 is 21.0. The molecule has 7 nitrogen and oxygen atoms in total. The van der Waals surface area contributed by atoms with E-state index in [1.165, 1.54) is 6.08 Å². The van der Waals surface area contributed by atoms with Crippen molar-refractivity contribution in [3.8, 4) is 17.2 Å². The third-order valence-corrected chi connectivity index (χ3v) is 3.90. The van der Waals surface area contributed by atoms with Gasteiger partial charge in [0.25, 0.3) is 0 Å². The fourth-order valence-corrected chi connectivity index (χ4v) is 2.54. The highest BCUT2D eigenvalue weighted by Gasteiger charge is 2.15. The zero-order valence-electron chi connectivity index (χ0n) is 14.5. The second-order valence-corrected chi connectivity index (χ2v) is 5.85. The number of ether oxygens (including phenoxy) is 3. The molecule has 3 aromatic rings. The van der Waals surface area contributed by atoms with E-state index in [1.54, 1.807) is 31.2 Å². The number of ketones is 1. The fraction of sp³-hybridized carbons (Fsp3) is 0.150. The Morgan fingerprint density at radius 3 is 2.74 bits per heavy atom. The molecule has 0 bridgehead atoms. The van der Waals surface area contributed by atoms with Crippen molar-refractivity contribution in [2.45, 2.75) is 13.5 Å². The number of aromatic nitrogens is 2. The molecule has 0 unspecified atom stereocenters. The van der Waals surface area contributed by atoms with Crippen LogP contribution in [0.1, 0.15) is 27.6 Å². The third-order valence-electron chi connectivity index (χ3n) is 3.90. The molecule has 0 saturated carbocycles. The fourth-order valence-electron chi connectivity index (χ4n) is 2.54. The Kier molecular flexibility index (Phi) is 4.57. The summed E-state index contributed by atoms with van der Waals surface area (Å²) in [6.45, 7) is 2.14. The molecule has 2 aromatic carbocycles. The Morgan fingerprint density at radius 1 is 1.15 bits per heavy atom. The molecule has 0 aliphatic carbocycles. The molecular weight excluding hydrogens is 348 g/mol. The van der Waals surface area contributed by atoms with Crippen molar-refractivity contribution in [1.82, 2.24) is 10.1 Å². The molecule has 0 amide bonds. The Bertz CT molecular complexity index is 992. The largest absolute Gasteiger partial charge is 0.485 e. The summed E-state index contributed by atoms with van der Waals surface area (Å²) in [5, 5.41) is 3.77. The van der Waals surface area contributed by atoms with Crippen LogP contribution in [0.15, 0.2) is 53.1 Å². The number of rotatable bonds is 6. The molecule has 0 saturated heterocycles. The van der Waals surface area contributed by atoms with Crippen molar-refractivity contribution in [2.24, 2.45) is 0 Å². The van der Waals surface area contributed by atoms with E-state index < -0.39 is 0 Å². The highest BCUT2D eigenvalue weighted by atomic mass is 16.7. The van der Waals surface area contributed by atoms with E-state index in [4.69, 9.17) is 18.7 Å². The van der Waals surface area contributed by atoms with Crippen LogP contribution in [0, 0.1) is 6.92 Å². The second kappa shape index (κ2) is 7.33. The van der Waals surface area contributed by atoms with Crippen LogP contribution in [0.5, 0.6) is 17.2 Å². The molecule has 1 aromatic heterocycles. The molecule has 0 N–H and O–H groups in total. The van der Waals surface area contributed by atoms with Crippen LogP contribution in [-0.2, 0) is 6.61 Å². The number of hydrogen-bond donors (Lipinski definition) is 0. The number of fused-ring (bicyclic) bond motifs is 1. The predicted octanol–water partition coefficient (Wildman–Crippen LogP) is 3.58. The Labute approximate surface area is 155 Å². The summed E-state index contributed by atoms with van der Waals surface area (Å²) in [6.07, 6.45) is 3.27. The molecular formula is C20H16N2O5. The maximum Gasteiger partial charge on any atom is 0.231 e. The molecule has 2 heterocycles. The number of nitrogens with zero attached hydrogens (tertiary/aromatic N) is 2. The van der Waals surface area contributed by atoms with Gasteiger partial charge in [-0.05, 0) is 42.0 Å². The lowest BCUT2D eigenvalue weighted by atomic mass is 10.1. The molecule has 0 radical (unpaired) electrons. The van der Waals surface area contributed by atoms with Gasteiger partial charge in [0.15, 0.2) is 23.9 Å². The van der Waals surface area contributed by atoms with E-state index in [1.807, 2.05) is 24.3 Å². The number of carbonyl (C=O) groups is 1. The minimum Gasteiger partial charge on any atom is -0.485 e. The van der Waals surface area contributed by atoms with Gasteiger partial charge in [0.2, 0.25) is 18.5 Å². The molecule has 7 heteroatoms. The standard InChI is InChI=1S/C20H16N2O5/c1-13-21-20(22-27-13)11-24-16-6-2-14(3-7-16)4-8-17(23)15-5-9-18-19(10-15)26-12-25-18/h2-10H,11-12H2,1H3/b8-4+. The van der Waals surface area contributed by atoms with Crippen LogP contribution in [0.25, 0.3) is 6.08 Å². The summed E-state index contributed by atoms with van der Waals surface area (Å²) in [7, 11) is 0. The topological polar surface area (TPSA) is 83.7 Å². The molecule has 0 fully saturated rings. The minimum absolute atomic E-state index is 0.110. The Morgan fingerprint density at radius 2 is 1.96 bits per heavy atom. The van der Waals surface area contributed by atoms with Gasteiger partial charge in [-0.25, -0.2) is 0 Å². The van der Waals surface area contributed by atoms with Crippen molar-refractivity contribution < 1.29 is 23.5 Å². The van der Waals surface area contributed by atoms with Crippen molar-refractivity contribution in [3.05, 3.63) is 71.4 Å². The first-order valence-electron chi connectivity index (χ1n) is 8.31. The number of aryl methyl sites for hydroxylation is 1. The van der Waals surface area contributed by atoms with Gasteiger partial charge in [-0.2, -0.15) is 4.98 Å². The van der Waals surface area contributed by atoms with E-state index in [2.05, 4.69) is 10.1 Å². The number of hydrogen-bond acceptors (Lipinski definition) is 7. The monoisotopic (exact) mass is 364 g/mol. The Balaban J connectivity index is 1.36. The second-order valence-electron chi connectivity index (χ2n) is 5.85. The van der Waals surface area contributed by atoms with Gasteiger partial charge in [-0.3, -0.25) is 4.79 Å². The molecule has 27 heavy (non-hydrogen) atoms. The normalized spacial score (nSPS) is 12.5. The van der Waals surface area contributed by atoms with Gasteiger partial charge in [0.1, 0.15) is 5.75 Å². The van der Waals surface area contributed by atoms with Crippen molar-refractivity contribution >= 4 is 11.9 Å². The van der Waals surface area contributed by atoms with Crippen molar-refractivity contribution in [1.29, 1.82) is 0 Å². The molecule has 4 rings (SSSR count). The first-order chi connectivity index (χ1) is 13.2. The van der Waals surface area contributed by atoms with E-state index in [9.17, 15) is 4.79 Å². The molecule has 1 aliphatic heterocycles. The molecule has 0 spiro atoms. The molecule has 1 aliphatic rings. The van der Waals surface area contributed by atoms with Gasteiger partial charge in [0, 0.05) is 12.5 Å². The highest BCUT2D eigenvalue weighted by molar-refractivity contribution is 6.07. The SMILES string of the molecule is Cc1nc(COc2ccc(/C=C/C(=O)c3ccc4c(c3)OCO4)cc2)no1. The average molecular weight is 364 g/mol. The Hall–Kier alpha value is -3.61. The van der Waals surface area contributed by atoms with E-state index in [0.717, 1.165) is 5.56 Å². The highest BCUT2D eigenvalue weighted by Crippen LogP contribution is 2.32. The van der Waals surface area contributed by atoms with E-state index >= 15 is 0 Å². The van der Waals surface area contributed by atoms with E-state index in [0.29, 0.717) is 34.5 Å². The predicted molar refractivity (Wildman–Crippen MR) is 95.7 cm³/mol. The van der Waals surface area contributed by atoms with Gasteiger partial charge >= 0.3 is 0 Å². The minimum atomic E-state index is -0.110. The van der Waals surface area contributed by atoms with E-state index in [-0.39, 0.29) is 19.2 Å². The number of benzene rings is 2. The quantitative estimate of drug-likeness (QED) is 0.488. The lowest BCUT2D eigenvalue weighted by Gasteiger charge is -2.03. The summed E-state index contributed by atoms with van der Waals surface area (Å²) >= 11 is 0. The first kappa shape index (κ1) is 16.8. The van der Waals surface area contributed by atoms with Crippen LogP contribution < -0.4 is 14.2 Å². The molecule has 0 atom stereocenters. The average Bonchev–Trinajstić information content (AvgIpc) is 3.33. The maximum atomic E-state index is 12.3. The lowest BCUT2D eigenvalue weighted by molar-refractivity contribution is 0.104. The maximum absolute atomic E-state index is 12.3. The summed E-state index contributed by atoms with van der Waals surface area (Å²) in [5.74, 6) is 2.81. The van der Waals surface area contributed by atoms with Gasteiger partial charge in [-0.15, -0.1) is 0 Å². The van der Waals surface area contributed by atoms with Crippen LogP contribution >= 0.6 is 0 Å². The van der Waals surface area contributed by atoms with Gasteiger partial charge in [0.05, 0.1) is 0 Å². The van der Waals surface area contributed by atoms with Crippen LogP contribution in [-0.4, -0.2) is 22.7 Å². The van der Waals surface area contributed by atoms with Crippen LogP contribution in [0.3, 0.4) is 0 Å². The van der Waals surface area contributed by atoms with Crippen LogP contribution in [0.4, 0.5) is 0 Å². The van der Waals surface area contributed by atoms with Crippen molar-refractivity contribution in [3.63, 3.8) is 0 Å². The lowest BCUT2D eigenvalue weighted by Crippen LogP contribution is -1.97. The van der Waals surface area contributed by atoms with Gasteiger partial charge < -0.3 is 18.7 Å². The first-order valence-corrected chi connectivity index (χ1v) is 8.31. The van der Waals surface area contributed by atoms with Gasteiger partial charge in [-0.1, -0.05) is 23.4 Å². The zero-order chi connectivity index (χ0) is 18.6. The van der Waals surface area contributed by atoms with Crippen LogP contribution in [0.2, 0.25) is 0 Å². The number of allylic oxidation sites excluding steroid dienone is 1. The zero-order valence-corrected chi connectivity index (χ0v) is 14.5. The smallest absolute Gasteiger partial charge is 0.231 e. The molecule has 136 valence electrons. The van der Waals surface area contributed by atoms with Crippen molar-refractivity contribution in [2.75, 3.05) is 6.79 Å². The summed E-state index contributed by atoms with van der Waals surface area (Å²) in [5.41, 5.74) is 1.43.